The molecule has 0 spiro atoms. The Balaban J connectivity index is 2.19. The zero-order valence-electron chi connectivity index (χ0n) is 9.90. The van der Waals surface area contributed by atoms with E-state index in [4.69, 9.17) is 5.73 Å². The van der Waals surface area contributed by atoms with Crippen LogP contribution in [0.5, 0.6) is 0 Å². The van der Waals surface area contributed by atoms with Crippen molar-refractivity contribution in [3.63, 3.8) is 0 Å². The van der Waals surface area contributed by atoms with Gasteiger partial charge in [-0.1, -0.05) is 6.07 Å². The lowest BCUT2D eigenvalue weighted by Gasteiger charge is -2.21. The van der Waals surface area contributed by atoms with E-state index in [1.165, 1.54) is 20.6 Å². The standard InChI is InChI=1S/C13H15BrN2S/c1-9-3-4-11(15)6-12(9)16(2)7-10-5-13(14)17-8-10/h3-6,8H,7,15H2,1-2H3. The van der Waals surface area contributed by atoms with E-state index in [0.29, 0.717) is 0 Å². The number of aryl methyl sites for hydroxylation is 1. The Bertz CT molecular complexity index is 522. The molecule has 0 saturated heterocycles. The topological polar surface area (TPSA) is 29.3 Å². The predicted molar refractivity (Wildman–Crippen MR) is 79.7 cm³/mol. The Hall–Kier alpha value is -1.00. The van der Waals surface area contributed by atoms with Crippen LogP contribution in [0.2, 0.25) is 0 Å². The van der Waals surface area contributed by atoms with Gasteiger partial charge in [-0.05, 0) is 57.6 Å². The van der Waals surface area contributed by atoms with E-state index in [1.807, 2.05) is 12.1 Å². The summed E-state index contributed by atoms with van der Waals surface area (Å²) in [7, 11) is 2.09. The smallest absolute Gasteiger partial charge is 0.0701 e. The number of benzene rings is 1. The maximum Gasteiger partial charge on any atom is 0.0701 e. The van der Waals surface area contributed by atoms with E-state index in [2.05, 4.69) is 52.3 Å². The summed E-state index contributed by atoms with van der Waals surface area (Å²) >= 11 is 5.20. The average molecular weight is 311 g/mol. The van der Waals surface area contributed by atoms with E-state index in [0.717, 1.165) is 12.2 Å². The van der Waals surface area contributed by atoms with Gasteiger partial charge in [0.2, 0.25) is 0 Å². The molecule has 2 N–H and O–H groups in total. The highest BCUT2D eigenvalue weighted by atomic mass is 79.9. The molecule has 0 saturated carbocycles. The average Bonchev–Trinajstić information content (AvgIpc) is 2.67. The van der Waals surface area contributed by atoms with Crippen LogP contribution in [0.4, 0.5) is 11.4 Å². The summed E-state index contributed by atoms with van der Waals surface area (Å²) in [6.45, 7) is 3.00. The van der Waals surface area contributed by atoms with Crippen LogP contribution >= 0.6 is 27.3 Å². The third-order valence-electron chi connectivity index (χ3n) is 2.69. The lowest BCUT2D eigenvalue weighted by Crippen LogP contribution is -2.17. The molecule has 0 aliphatic heterocycles. The fraction of sp³-hybridized carbons (Fsp3) is 0.231. The summed E-state index contributed by atoms with van der Waals surface area (Å²) in [5.74, 6) is 0. The van der Waals surface area contributed by atoms with E-state index in [-0.39, 0.29) is 0 Å². The fourth-order valence-electron chi connectivity index (χ4n) is 1.83. The van der Waals surface area contributed by atoms with Crippen molar-refractivity contribution in [2.75, 3.05) is 17.7 Å². The van der Waals surface area contributed by atoms with Gasteiger partial charge in [0.25, 0.3) is 0 Å². The van der Waals surface area contributed by atoms with Gasteiger partial charge in [-0.15, -0.1) is 11.3 Å². The van der Waals surface area contributed by atoms with Crippen molar-refractivity contribution in [1.82, 2.24) is 0 Å². The molecule has 0 amide bonds. The van der Waals surface area contributed by atoms with Gasteiger partial charge in [-0.3, -0.25) is 0 Å². The highest BCUT2D eigenvalue weighted by Crippen LogP contribution is 2.26. The maximum atomic E-state index is 5.83. The minimum atomic E-state index is 0.809. The number of nitrogens with zero attached hydrogens (tertiary/aromatic N) is 1. The highest BCUT2D eigenvalue weighted by molar-refractivity contribution is 9.11. The van der Waals surface area contributed by atoms with Crippen molar-refractivity contribution in [2.24, 2.45) is 0 Å². The molecule has 0 radical (unpaired) electrons. The third kappa shape index (κ3) is 3.01. The maximum absolute atomic E-state index is 5.83. The van der Waals surface area contributed by atoms with Crippen molar-refractivity contribution < 1.29 is 0 Å². The van der Waals surface area contributed by atoms with Crippen LogP contribution in [0.25, 0.3) is 0 Å². The SMILES string of the molecule is Cc1ccc(N)cc1N(C)Cc1csc(Br)c1. The normalized spacial score (nSPS) is 10.5. The second kappa shape index (κ2) is 5.10. The van der Waals surface area contributed by atoms with Gasteiger partial charge in [0, 0.05) is 25.0 Å². The van der Waals surface area contributed by atoms with Crippen molar-refractivity contribution in [3.05, 3.63) is 44.6 Å². The molecule has 2 aromatic rings. The monoisotopic (exact) mass is 310 g/mol. The molecule has 0 bridgehead atoms. The molecule has 1 aromatic heterocycles. The zero-order chi connectivity index (χ0) is 12.4. The molecule has 90 valence electrons. The minimum absolute atomic E-state index is 0.809. The molecule has 2 nitrogen and oxygen atoms in total. The first-order valence-electron chi connectivity index (χ1n) is 5.36. The molecule has 0 atom stereocenters. The summed E-state index contributed by atoms with van der Waals surface area (Å²) in [6.07, 6.45) is 0. The quantitative estimate of drug-likeness (QED) is 0.867. The zero-order valence-corrected chi connectivity index (χ0v) is 12.3. The van der Waals surface area contributed by atoms with Crippen LogP contribution in [0, 0.1) is 6.92 Å². The van der Waals surface area contributed by atoms with Crippen molar-refractivity contribution >= 4 is 38.6 Å². The summed E-state index contributed by atoms with van der Waals surface area (Å²) in [6, 6.07) is 8.18. The van der Waals surface area contributed by atoms with Crippen molar-refractivity contribution in [1.29, 1.82) is 0 Å². The number of hydrogen-bond acceptors (Lipinski definition) is 3. The van der Waals surface area contributed by atoms with Gasteiger partial charge in [0.1, 0.15) is 0 Å². The lowest BCUT2D eigenvalue weighted by molar-refractivity contribution is 0.922. The highest BCUT2D eigenvalue weighted by Gasteiger charge is 2.07. The number of thiophene rings is 1. The molecular formula is C13H15BrN2S. The fourth-order valence-corrected chi connectivity index (χ4v) is 3.03. The Labute approximate surface area is 114 Å². The van der Waals surface area contributed by atoms with Crippen LogP contribution in [-0.2, 0) is 6.54 Å². The molecule has 2 rings (SSSR count). The van der Waals surface area contributed by atoms with Crippen LogP contribution in [-0.4, -0.2) is 7.05 Å². The Kier molecular flexibility index (Phi) is 3.74. The Morgan fingerprint density at radius 3 is 2.76 bits per heavy atom. The summed E-state index contributed by atoms with van der Waals surface area (Å²) < 4.78 is 1.17. The largest absolute Gasteiger partial charge is 0.399 e. The summed E-state index contributed by atoms with van der Waals surface area (Å²) in [5.41, 5.74) is 10.4. The van der Waals surface area contributed by atoms with E-state index in [9.17, 15) is 0 Å². The molecule has 4 heteroatoms. The van der Waals surface area contributed by atoms with Gasteiger partial charge >= 0.3 is 0 Å². The van der Waals surface area contributed by atoms with Gasteiger partial charge in [0.05, 0.1) is 3.79 Å². The van der Waals surface area contributed by atoms with Gasteiger partial charge < -0.3 is 10.6 Å². The van der Waals surface area contributed by atoms with E-state index < -0.39 is 0 Å². The van der Waals surface area contributed by atoms with Crippen LogP contribution in [0.1, 0.15) is 11.1 Å². The van der Waals surface area contributed by atoms with Gasteiger partial charge in [-0.2, -0.15) is 0 Å². The number of rotatable bonds is 3. The number of anilines is 2. The Morgan fingerprint density at radius 1 is 1.35 bits per heavy atom. The van der Waals surface area contributed by atoms with Crippen molar-refractivity contribution in [3.8, 4) is 0 Å². The molecule has 0 unspecified atom stereocenters. The first-order chi connectivity index (χ1) is 8.06. The first kappa shape index (κ1) is 12.5. The molecule has 0 fully saturated rings. The second-order valence-corrected chi connectivity index (χ2v) is 6.45. The first-order valence-corrected chi connectivity index (χ1v) is 7.03. The molecular weight excluding hydrogens is 296 g/mol. The Morgan fingerprint density at radius 2 is 2.12 bits per heavy atom. The third-order valence-corrected chi connectivity index (χ3v) is 4.24. The van der Waals surface area contributed by atoms with Gasteiger partial charge in [0.15, 0.2) is 0 Å². The van der Waals surface area contributed by atoms with E-state index >= 15 is 0 Å². The van der Waals surface area contributed by atoms with Crippen LogP contribution < -0.4 is 10.6 Å². The number of hydrogen-bond donors (Lipinski definition) is 1. The van der Waals surface area contributed by atoms with E-state index in [1.54, 1.807) is 11.3 Å². The second-order valence-electron chi connectivity index (χ2n) is 4.16. The molecule has 1 aromatic carbocycles. The molecule has 0 aliphatic rings. The van der Waals surface area contributed by atoms with Crippen LogP contribution in [0.15, 0.2) is 33.4 Å². The summed E-state index contributed by atoms with van der Waals surface area (Å²) in [4.78, 5) is 2.22. The minimum Gasteiger partial charge on any atom is -0.399 e. The molecule has 17 heavy (non-hydrogen) atoms. The number of nitrogens with two attached hydrogens (primary N) is 1. The summed E-state index contributed by atoms with van der Waals surface area (Å²) in [5, 5.41) is 2.17. The van der Waals surface area contributed by atoms with Gasteiger partial charge in [-0.25, -0.2) is 0 Å². The number of nitrogen functional groups attached to an aromatic ring is 1. The predicted octanol–water partition coefficient (Wildman–Crippen LogP) is 4.04. The number of halogens is 1. The lowest BCUT2D eigenvalue weighted by atomic mass is 10.1. The van der Waals surface area contributed by atoms with Crippen LogP contribution in [0.3, 0.4) is 0 Å². The molecule has 1 heterocycles. The van der Waals surface area contributed by atoms with Crippen molar-refractivity contribution in [2.45, 2.75) is 13.5 Å². The molecule has 0 aliphatic carbocycles.